The van der Waals surface area contributed by atoms with E-state index in [0.717, 1.165) is 64.1 Å². The Morgan fingerprint density at radius 3 is 2.56 bits per heavy atom. The average Bonchev–Trinajstić information content (AvgIpc) is 2.64. The van der Waals surface area contributed by atoms with Crippen molar-refractivity contribution >= 4 is 11.7 Å². The third kappa shape index (κ3) is 4.46. The number of benzene rings is 1. The van der Waals surface area contributed by atoms with E-state index in [0.29, 0.717) is 6.54 Å². The van der Waals surface area contributed by atoms with Gasteiger partial charge in [-0.25, -0.2) is 13.6 Å². The molecule has 0 atom stereocenters. The number of nitrogens with one attached hydrogen (secondary N) is 2. The number of anilines is 1. The highest BCUT2D eigenvalue weighted by Gasteiger charge is 2.38. The smallest absolute Gasteiger partial charge is 0.319 e. The van der Waals surface area contributed by atoms with Crippen molar-refractivity contribution in [2.75, 3.05) is 38.2 Å². The lowest BCUT2D eigenvalue weighted by molar-refractivity contribution is -0.0356. The SMILES string of the molecule is O=C(NCC1(N2CCOCC2)CCCCC1)Nc1ccc(F)cc1F. The number of amides is 2. The molecule has 7 heteroatoms. The van der Waals surface area contributed by atoms with Gasteiger partial charge in [0.15, 0.2) is 0 Å². The van der Waals surface area contributed by atoms with Crippen LogP contribution in [0.4, 0.5) is 19.3 Å². The van der Waals surface area contributed by atoms with Gasteiger partial charge in [0, 0.05) is 31.2 Å². The molecule has 1 aliphatic heterocycles. The first-order chi connectivity index (χ1) is 12.1. The second-order valence-corrected chi connectivity index (χ2v) is 6.82. The maximum Gasteiger partial charge on any atom is 0.319 e. The fourth-order valence-corrected chi connectivity index (χ4v) is 3.85. The molecule has 0 aromatic heterocycles. The Hall–Kier alpha value is -1.73. The summed E-state index contributed by atoms with van der Waals surface area (Å²) in [6, 6.07) is 2.63. The number of hydrogen-bond acceptors (Lipinski definition) is 3. The summed E-state index contributed by atoms with van der Waals surface area (Å²) in [5, 5.41) is 5.35. The molecular formula is C18H25F2N3O2. The van der Waals surface area contributed by atoms with E-state index in [1.807, 2.05) is 0 Å². The van der Waals surface area contributed by atoms with Crippen molar-refractivity contribution in [3.8, 4) is 0 Å². The predicted octanol–water partition coefficient (Wildman–Crippen LogP) is 3.12. The number of urea groups is 1. The van der Waals surface area contributed by atoms with Crippen LogP contribution >= 0.6 is 0 Å². The first kappa shape index (κ1) is 18.1. The van der Waals surface area contributed by atoms with E-state index in [1.165, 1.54) is 12.5 Å². The van der Waals surface area contributed by atoms with Crippen LogP contribution in [0.1, 0.15) is 32.1 Å². The van der Waals surface area contributed by atoms with Gasteiger partial charge in [-0.1, -0.05) is 19.3 Å². The molecule has 5 nitrogen and oxygen atoms in total. The molecule has 2 N–H and O–H groups in total. The van der Waals surface area contributed by atoms with E-state index in [2.05, 4.69) is 15.5 Å². The van der Waals surface area contributed by atoms with E-state index in [1.54, 1.807) is 0 Å². The van der Waals surface area contributed by atoms with Gasteiger partial charge in [-0.3, -0.25) is 4.90 Å². The number of rotatable bonds is 4. The predicted molar refractivity (Wildman–Crippen MR) is 91.6 cm³/mol. The summed E-state index contributed by atoms with van der Waals surface area (Å²) in [6.45, 7) is 3.69. The van der Waals surface area contributed by atoms with Crippen molar-refractivity contribution < 1.29 is 18.3 Å². The van der Waals surface area contributed by atoms with Crippen molar-refractivity contribution in [1.82, 2.24) is 10.2 Å². The van der Waals surface area contributed by atoms with Gasteiger partial charge in [-0.05, 0) is 25.0 Å². The maximum atomic E-state index is 13.7. The van der Waals surface area contributed by atoms with E-state index < -0.39 is 17.7 Å². The number of nitrogens with zero attached hydrogens (tertiary/aromatic N) is 1. The summed E-state index contributed by atoms with van der Waals surface area (Å²) < 4.78 is 32.1. The van der Waals surface area contributed by atoms with E-state index in [-0.39, 0.29) is 11.2 Å². The minimum Gasteiger partial charge on any atom is -0.379 e. The van der Waals surface area contributed by atoms with Crippen LogP contribution in [0, 0.1) is 11.6 Å². The van der Waals surface area contributed by atoms with Gasteiger partial charge in [0.25, 0.3) is 0 Å². The number of morpholine rings is 1. The minimum absolute atomic E-state index is 0.0250. The largest absolute Gasteiger partial charge is 0.379 e. The molecule has 3 rings (SSSR count). The molecule has 0 unspecified atom stereocenters. The molecule has 25 heavy (non-hydrogen) atoms. The van der Waals surface area contributed by atoms with Gasteiger partial charge in [0.05, 0.1) is 18.9 Å². The van der Waals surface area contributed by atoms with Crippen LogP contribution in [-0.2, 0) is 4.74 Å². The maximum absolute atomic E-state index is 13.7. The zero-order chi connectivity index (χ0) is 17.7. The molecule has 2 fully saturated rings. The Balaban J connectivity index is 1.61. The Kier molecular flexibility index (Phi) is 5.86. The quantitative estimate of drug-likeness (QED) is 0.874. The molecule has 2 aliphatic rings. The van der Waals surface area contributed by atoms with Crippen molar-refractivity contribution in [2.45, 2.75) is 37.6 Å². The second-order valence-electron chi connectivity index (χ2n) is 6.82. The van der Waals surface area contributed by atoms with Gasteiger partial charge < -0.3 is 15.4 Å². The molecule has 0 radical (unpaired) electrons. The molecule has 1 heterocycles. The number of ether oxygens (including phenoxy) is 1. The number of hydrogen-bond donors (Lipinski definition) is 2. The molecule has 1 aromatic rings. The lowest BCUT2D eigenvalue weighted by Gasteiger charge is -2.48. The standard InChI is InChI=1S/C18H25F2N3O2/c19-14-4-5-16(15(20)12-14)22-17(24)21-13-18(6-2-1-3-7-18)23-8-10-25-11-9-23/h4-5,12H,1-3,6-11,13H2,(H2,21,22,24). The minimum atomic E-state index is -0.782. The van der Waals surface area contributed by atoms with Crippen LogP contribution in [0.5, 0.6) is 0 Å². The van der Waals surface area contributed by atoms with Crippen molar-refractivity contribution in [1.29, 1.82) is 0 Å². The van der Waals surface area contributed by atoms with Gasteiger partial charge in [0.2, 0.25) is 0 Å². The lowest BCUT2D eigenvalue weighted by atomic mass is 9.80. The van der Waals surface area contributed by atoms with Gasteiger partial charge in [0.1, 0.15) is 11.6 Å². The fraction of sp³-hybridized carbons (Fsp3) is 0.611. The summed E-state index contributed by atoms with van der Waals surface area (Å²) in [5.74, 6) is -1.45. The number of carbonyl (C=O) groups is 1. The fourth-order valence-electron chi connectivity index (χ4n) is 3.85. The molecule has 1 aromatic carbocycles. The summed E-state index contributed by atoms with van der Waals surface area (Å²) >= 11 is 0. The van der Waals surface area contributed by atoms with Crippen LogP contribution in [0.2, 0.25) is 0 Å². The average molecular weight is 353 g/mol. The highest BCUT2D eigenvalue weighted by molar-refractivity contribution is 5.89. The molecule has 0 bridgehead atoms. The van der Waals surface area contributed by atoms with E-state index in [9.17, 15) is 13.6 Å². The topological polar surface area (TPSA) is 53.6 Å². The van der Waals surface area contributed by atoms with Gasteiger partial charge in [-0.15, -0.1) is 0 Å². The Morgan fingerprint density at radius 1 is 1.16 bits per heavy atom. The third-order valence-electron chi connectivity index (χ3n) is 5.22. The van der Waals surface area contributed by atoms with Gasteiger partial charge >= 0.3 is 6.03 Å². The lowest BCUT2D eigenvalue weighted by Crippen LogP contribution is -2.60. The highest BCUT2D eigenvalue weighted by atomic mass is 19.1. The third-order valence-corrected chi connectivity index (χ3v) is 5.22. The number of halogens is 2. The Labute approximate surface area is 146 Å². The molecular weight excluding hydrogens is 328 g/mol. The molecule has 138 valence electrons. The Bertz CT molecular complexity index is 600. The van der Waals surface area contributed by atoms with Crippen molar-refractivity contribution in [3.63, 3.8) is 0 Å². The first-order valence-electron chi connectivity index (χ1n) is 8.92. The monoisotopic (exact) mass is 353 g/mol. The van der Waals surface area contributed by atoms with Crippen LogP contribution in [-0.4, -0.2) is 49.3 Å². The van der Waals surface area contributed by atoms with E-state index >= 15 is 0 Å². The normalized spacial score (nSPS) is 20.9. The molecule has 0 spiro atoms. The molecule has 1 saturated heterocycles. The second kappa shape index (κ2) is 8.10. The van der Waals surface area contributed by atoms with Crippen molar-refractivity contribution in [3.05, 3.63) is 29.8 Å². The zero-order valence-corrected chi connectivity index (χ0v) is 14.3. The first-order valence-corrected chi connectivity index (χ1v) is 8.92. The van der Waals surface area contributed by atoms with E-state index in [4.69, 9.17) is 4.74 Å². The van der Waals surface area contributed by atoms with Crippen LogP contribution < -0.4 is 10.6 Å². The molecule has 1 saturated carbocycles. The van der Waals surface area contributed by atoms with Crippen LogP contribution in [0.3, 0.4) is 0 Å². The summed E-state index contributed by atoms with van der Waals surface area (Å²) in [5.41, 5.74) is -0.0799. The summed E-state index contributed by atoms with van der Waals surface area (Å²) in [7, 11) is 0. The Morgan fingerprint density at radius 2 is 1.88 bits per heavy atom. The molecule has 2 amide bonds. The highest BCUT2D eigenvalue weighted by Crippen LogP contribution is 2.33. The summed E-state index contributed by atoms with van der Waals surface area (Å²) in [4.78, 5) is 14.6. The summed E-state index contributed by atoms with van der Waals surface area (Å²) in [6.07, 6.45) is 5.59. The van der Waals surface area contributed by atoms with Gasteiger partial charge in [-0.2, -0.15) is 0 Å². The van der Waals surface area contributed by atoms with Crippen LogP contribution in [0.15, 0.2) is 18.2 Å². The van der Waals surface area contributed by atoms with Crippen molar-refractivity contribution in [2.24, 2.45) is 0 Å². The zero-order valence-electron chi connectivity index (χ0n) is 14.3. The molecule has 1 aliphatic carbocycles. The number of carbonyl (C=O) groups excluding carboxylic acids is 1. The van der Waals surface area contributed by atoms with Crippen LogP contribution in [0.25, 0.3) is 0 Å².